The Hall–Kier alpha value is -0.650. The van der Waals surface area contributed by atoms with E-state index in [9.17, 15) is 4.79 Å². The SMILES string of the molecule is CCOCCN(CCOCC)C(=O)C1(C)CCNCC1. The van der Waals surface area contributed by atoms with E-state index in [-0.39, 0.29) is 11.3 Å². The Labute approximate surface area is 123 Å². The highest BCUT2D eigenvalue weighted by atomic mass is 16.5. The first-order valence-corrected chi connectivity index (χ1v) is 7.79. The third kappa shape index (κ3) is 5.38. The minimum atomic E-state index is -0.232. The smallest absolute Gasteiger partial charge is 0.228 e. The van der Waals surface area contributed by atoms with Gasteiger partial charge in [-0.3, -0.25) is 4.79 Å². The molecule has 1 rings (SSSR count). The number of nitrogens with zero attached hydrogens (tertiary/aromatic N) is 1. The molecule has 0 saturated carbocycles. The molecule has 1 aliphatic heterocycles. The van der Waals surface area contributed by atoms with E-state index in [2.05, 4.69) is 12.2 Å². The maximum absolute atomic E-state index is 12.8. The summed E-state index contributed by atoms with van der Waals surface area (Å²) < 4.78 is 10.8. The highest BCUT2D eigenvalue weighted by Crippen LogP contribution is 2.30. The number of carbonyl (C=O) groups excluding carboxylic acids is 1. The van der Waals surface area contributed by atoms with Crippen molar-refractivity contribution >= 4 is 5.91 Å². The lowest BCUT2D eigenvalue weighted by Gasteiger charge is -2.37. The summed E-state index contributed by atoms with van der Waals surface area (Å²) in [6, 6.07) is 0. The number of ether oxygens (including phenoxy) is 2. The van der Waals surface area contributed by atoms with E-state index in [1.165, 1.54) is 0 Å². The highest BCUT2D eigenvalue weighted by molar-refractivity contribution is 5.82. The van der Waals surface area contributed by atoms with Gasteiger partial charge in [0.2, 0.25) is 5.91 Å². The van der Waals surface area contributed by atoms with Gasteiger partial charge in [-0.1, -0.05) is 6.92 Å². The van der Waals surface area contributed by atoms with Crippen molar-refractivity contribution in [1.29, 1.82) is 0 Å². The predicted octanol–water partition coefficient (Wildman–Crippen LogP) is 1.28. The van der Waals surface area contributed by atoms with E-state index in [0.717, 1.165) is 25.9 Å². The van der Waals surface area contributed by atoms with Crippen LogP contribution in [0, 0.1) is 5.41 Å². The summed E-state index contributed by atoms with van der Waals surface area (Å²) in [5.74, 6) is 0.249. The number of amides is 1. The first-order valence-electron chi connectivity index (χ1n) is 7.79. The van der Waals surface area contributed by atoms with Crippen LogP contribution < -0.4 is 5.32 Å². The quantitative estimate of drug-likeness (QED) is 0.649. The standard InChI is InChI=1S/C15H30N2O3/c1-4-19-12-10-17(11-13-20-5-2)14(18)15(3)6-8-16-9-7-15/h16H,4-13H2,1-3H3. The lowest BCUT2D eigenvalue weighted by Crippen LogP contribution is -2.49. The number of rotatable bonds is 9. The van der Waals surface area contributed by atoms with Gasteiger partial charge in [-0.25, -0.2) is 0 Å². The normalized spacial score (nSPS) is 17.9. The van der Waals surface area contributed by atoms with Crippen LogP contribution in [0.3, 0.4) is 0 Å². The Bertz CT molecular complexity index is 268. The molecule has 0 bridgehead atoms. The highest BCUT2D eigenvalue weighted by Gasteiger charge is 2.37. The van der Waals surface area contributed by atoms with Crippen molar-refractivity contribution < 1.29 is 14.3 Å². The summed E-state index contributed by atoms with van der Waals surface area (Å²) in [7, 11) is 0. The zero-order valence-corrected chi connectivity index (χ0v) is 13.2. The van der Waals surface area contributed by atoms with Crippen LogP contribution >= 0.6 is 0 Å². The molecule has 5 heteroatoms. The summed E-state index contributed by atoms with van der Waals surface area (Å²) in [6.45, 7) is 11.8. The molecule has 1 heterocycles. The van der Waals surface area contributed by atoms with E-state index in [4.69, 9.17) is 9.47 Å². The number of hydrogen-bond acceptors (Lipinski definition) is 4. The summed E-state index contributed by atoms with van der Waals surface area (Å²) >= 11 is 0. The number of nitrogens with one attached hydrogen (secondary N) is 1. The molecule has 1 aliphatic rings. The number of carbonyl (C=O) groups is 1. The maximum atomic E-state index is 12.8. The van der Waals surface area contributed by atoms with Crippen LogP contribution in [0.15, 0.2) is 0 Å². The monoisotopic (exact) mass is 286 g/mol. The Morgan fingerprint density at radius 3 is 2.05 bits per heavy atom. The van der Waals surface area contributed by atoms with Crippen molar-refractivity contribution in [2.75, 3.05) is 52.6 Å². The molecule has 1 fully saturated rings. The van der Waals surface area contributed by atoms with E-state index in [0.29, 0.717) is 39.5 Å². The van der Waals surface area contributed by atoms with E-state index in [1.807, 2.05) is 18.7 Å². The van der Waals surface area contributed by atoms with E-state index in [1.54, 1.807) is 0 Å². The topological polar surface area (TPSA) is 50.8 Å². The van der Waals surface area contributed by atoms with Gasteiger partial charge in [0.05, 0.1) is 13.2 Å². The largest absolute Gasteiger partial charge is 0.380 e. The molecule has 0 unspecified atom stereocenters. The van der Waals surface area contributed by atoms with Crippen LogP contribution in [-0.2, 0) is 14.3 Å². The van der Waals surface area contributed by atoms with Crippen molar-refractivity contribution in [2.45, 2.75) is 33.6 Å². The van der Waals surface area contributed by atoms with Gasteiger partial charge in [0, 0.05) is 31.7 Å². The van der Waals surface area contributed by atoms with Gasteiger partial charge >= 0.3 is 0 Å². The summed E-state index contributed by atoms with van der Waals surface area (Å²) in [5, 5.41) is 3.32. The molecule has 118 valence electrons. The van der Waals surface area contributed by atoms with Gasteiger partial charge in [0.1, 0.15) is 0 Å². The minimum absolute atomic E-state index is 0.232. The van der Waals surface area contributed by atoms with Crippen molar-refractivity contribution in [3.63, 3.8) is 0 Å². The Balaban J connectivity index is 2.56. The van der Waals surface area contributed by atoms with Crippen LogP contribution in [-0.4, -0.2) is 63.4 Å². The average Bonchev–Trinajstić information content (AvgIpc) is 2.46. The van der Waals surface area contributed by atoms with Crippen LogP contribution in [0.25, 0.3) is 0 Å². The van der Waals surface area contributed by atoms with Gasteiger partial charge in [0.15, 0.2) is 0 Å². The van der Waals surface area contributed by atoms with Crippen LogP contribution in [0.1, 0.15) is 33.6 Å². The second kappa shape index (κ2) is 9.32. The number of piperidine rings is 1. The molecule has 0 radical (unpaired) electrons. The van der Waals surface area contributed by atoms with Gasteiger partial charge < -0.3 is 19.7 Å². The third-order valence-corrected chi connectivity index (χ3v) is 3.93. The van der Waals surface area contributed by atoms with Crippen LogP contribution in [0.5, 0.6) is 0 Å². The molecule has 0 spiro atoms. The molecule has 0 atom stereocenters. The van der Waals surface area contributed by atoms with E-state index < -0.39 is 0 Å². The zero-order valence-electron chi connectivity index (χ0n) is 13.2. The Morgan fingerprint density at radius 2 is 1.60 bits per heavy atom. The maximum Gasteiger partial charge on any atom is 0.228 e. The van der Waals surface area contributed by atoms with Crippen LogP contribution in [0.2, 0.25) is 0 Å². The average molecular weight is 286 g/mol. The van der Waals surface area contributed by atoms with Crippen molar-refractivity contribution in [2.24, 2.45) is 5.41 Å². The molecule has 0 aliphatic carbocycles. The minimum Gasteiger partial charge on any atom is -0.380 e. The van der Waals surface area contributed by atoms with Gasteiger partial charge in [0.25, 0.3) is 0 Å². The van der Waals surface area contributed by atoms with Gasteiger partial charge in [-0.05, 0) is 39.8 Å². The second-order valence-corrected chi connectivity index (χ2v) is 5.50. The second-order valence-electron chi connectivity index (χ2n) is 5.50. The molecule has 1 saturated heterocycles. The summed E-state index contributed by atoms with van der Waals surface area (Å²) in [5.41, 5.74) is -0.232. The lowest BCUT2D eigenvalue weighted by molar-refractivity contribution is -0.144. The fraction of sp³-hybridized carbons (Fsp3) is 0.933. The van der Waals surface area contributed by atoms with Gasteiger partial charge in [-0.2, -0.15) is 0 Å². The Morgan fingerprint density at radius 1 is 1.10 bits per heavy atom. The summed E-state index contributed by atoms with van der Waals surface area (Å²) in [4.78, 5) is 14.7. The molecular weight excluding hydrogens is 256 g/mol. The lowest BCUT2D eigenvalue weighted by atomic mass is 9.79. The zero-order chi connectivity index (χ0) is 14.8. The molecule has 0 aromatic rings. The fourth-order valence-corrected chi connectivity index (χ4v) is 2.53. The molecule has 0 aromatic heterocycles. The van der Waals surface area contributed by atoms with Crippen molar-refractivity contribution in [3.05, 3.63) is 0 Å². The third-order valence-electron chi connectivity index (χ3n) is 3.93. The van der Waals surface area contributed by atoms with E-state index >= 15 is 0 Å². The Kier molecular flexibility index (Phi) is 8.11. The first-order chi connectivity index (χ1) is 9.64. The fourth-order valence-electron chi connectivity index (χ4n) is 2.53. The first kappa shape index (κ1) is 17.4. The molecule has 1 amide bonds. The summed E-state index contributed by atoms with van der Waals surface area (Å²) in [6.07, 6.45) is 1.82. The van der Waals surface area contributed by atoms with Crippen molar-refractivity contribution in [1.82, 2.24) is 10.2 Å². The number of hydrogen-bond donors (Lipinski definition) is 1. The molecule has 20 heavy (non-hydrogen) atoms. The molecule has 5 nitrogen and oxygen atoms in total. The molecular formula is C15H30N2O3. The molecule has 0 aromatic carbocycles. The van der Waals surface area contributed by atoms with Crippen molar-refractivity contribution in [3.8, 4) is 0 Å². The van der Waals surface area contributed by atoms with Gasteiger partial charge in [-0.15, -0.1) is 0 Å². The molecule has 1 N–H and O–H groups in total. The van der Waals surface area contributed by atoms with Crippen LogP contribution in [0.4, 0.5) is 0 Å². The predicted molar refractivity (Wildman–Crippen MR) is 79.8 cm³/mol.